The molecule has 3 N–H and O–H groups in total. The molecule has 0 aliphatic carbocycles. The molecule has 3 rings (SSSR count). The molecule has 0 saturated carbocycles. The molecule has 1 fully saturated rings. The Morgan fingerprint density at radius 2 is 2.26 bits per heavy atom. The van der Waals surface area contributed by atoms with Gasteiger partial charge in [-0.2, -0.15) is 0 Å². The SMILES string of the molecule is NC(=S)N1CCNC[C@H]1c1cccc2ncccc12. The van der Waals surface area contributed by atoms with Crippen LogP contribution in [0.5, 0.6) is 0 Å². The van der Waals surface area contributed by atoms with E-state index in [1.165, 1.54) is 10.9 Å². The molecule has 0 amide bonds. The van der Waals surface area contributed by atoms with Crippen molar-refractivity contribution in [2.24, 2.45) is 5.73 Å². The number of fused-ring (bicyclic) bond motifs is 1. The molecule has 1 saturated heterocycles. The molecular formula is C14H16N4S. The molecule has 0 radical (unpaired) electrons. The van der Waals surface area contributed by atoms with Crippen LogP contribution >= 0.6 is 12.2 Å². The van der Waals surface area contributed by atoms with Crippen LogP contribution in [0.1, 0.15) is 11.6 Å². The summed E-state index contributed by atoms with van der Waals surface area (Å²) in [5.41, 5.74) is 8.09. The van der Waals surface area contributed by atoms with E-state index in [0.717, 1.165) is 25.2 Å². The molecule has 1 atom stereocenters. The summed E-state index contributed by atoms with van der Waals surface area (Å²) in [4.78, 5) is 6.49. The molecule has 2 aromatic rings. The van der Waals surface area contributed by atoms with Crippen LogP contribution in [0.2, 0.25) is 0 Å². The molecule has 19 heavy (non-hydrogen) atoms. The van der Waals surface area contributed by atoms with Crippen molar-refractivity contribution < 1.29 is 0 Å². The monoisotopic (exact) mass is 272 g/mol. The summed E-state index contributed by atoms with van der Waals surface area (Å²) >= 11 is 5.18. The van der Waals surface area contributed by atoms with Gasteiger partial charge < -0.3 is 16.0 Å². The second kappa shape index (κ2) is 5.11. The number of aromatic nitrogens is 1. The molecule has 1 aliphatic rings. The van der Waals surface area contributed by atoms with Crippen molar-refractivity contribution in [1.82, 2.24) is 15.2 Å². The van der Waals surface area contributed by atoms with Crippen molar-refractivity contribution in [1.29, 1.82) is 0 Å². The average Bonchev–Trinajstić information content (AvgIpc) is 2.46. The zero-order valence-corrected chi connectivity index (χ0v) is 11.4. The minimum atomic E-state index is 0.180. The van der Waals surface area contributed by atoms with E-state index in [1.54, 1.807) is 0 Å². The maximum Gasteiger partial charge on any atom is 0.166 e. The first-order valence-electron chi connectivity index (χ1n) is 6.38. The lowest BCUT2D eigenvalue weighted by molar-refractivity contribution is 0.264. The molecule has 4 nitrogen and oxygen atoms in total. The first-order valence-corrected chi connectivity index (χ1v) is 6.78. The predicted octanol–water partition coefficient (Wildman–Crippen LogP) is 1.42. The normalized spacial score (nSPS) is 19.6. The van der Waals surface area contributed by atoms with Gasteiger partial charge in [-0.05, 0) is 29.9 Å². The van der Waals surface area contributed by atoms with E-state index < -0.39 is 0 Å². The average molecular weight is 272 g/mol. The van der Waals surface area contributed by atoms with Gasteiger partial charge in [0.2, 0.25) is 0 Å². The zero-order chi connectivity index (χ0) is 13.2. The maximum atomic E-state index is 5.85. The number of hydrogen-bond acceptors (Lipinski definition) is 3. The molecule has 1 aliphatic heterocycles. The van der Waals surface area contributed by atoms with Crippen LogP contribution in [0, 0.1) is 0 Å². The first kappa shape index (κ1) is 12.3. The number of nitrogens with one attached hydrogen (secondary N) is 1. The number of nitrogens with zero attached hydrogens (tertiary/aromatic N) is 2. The highest BCUT2D eigenvalue weighted by Crippen LogP contribution is 2.28. The van der Waals surface area contributed by atoms with E-state index in [4.69, 9.17) is 18.0 Å². The van der Waals surface area contributed by atoms with Gasteiger partial charge in [0, 0.05) is 31.2 Å². The lowest BCUT2D eigenvalue weighted by Crippen LogP contribution is -2.50. The number of thiocarbonyl (C=S) groups is 1. The summed E-state index contributed by atoms with van der Waals surface area (Å²) < 4.78 is 0. The van der Waals surface area contributed by atoms with Crippen molar-refractivity contribution in [3.63, 3.8) is 0 Å². The largest absolute Gasteiger partial charge is 0.376 e. The highest BCUT2D eigenvalue weighted by atomic mass is 32.1. The highest BCUT2D eigenvalue weighted by Gasteiger charge is 2.25. The zero-order valence-electron chi connectivity index (χ0n) is 10.5. The van der Waals surface area contributed by atoms with Gasteiger partial charge in [-0.1, -0.05) is 18.2 Å². The Balaban J connectivity index is 2.09. The molecule has 2 heterocycles. The molecule has 5 heteroatoms. The number of nitrogens with two attached hydrogens (primary N) is 1. The molecule has 0 spiro atoms. The topological polar surface area (TPSA) is 54.2 Å². The number of hydrogen-bond donors (Lipinski definition) is 2. The van der Waals surface area contributed by atoms with Gasteiger partial charge in [0.25, 0.3) is 0 Å². The van der Waals surface area contributed by atoms with Crippen molar-refractivity contribution in [3.05, 3.63) is 42.1 Å². The molecule has 0 unspecified atom stereocenters. The van der Waals surface area contributed by atoms with Crippen LogP contribution in [0.15, 0.2) is 36.5 Å². The third-order valence-corrected chi connectivity index (χ3v) is 3.80. The maximum absolute atomic E-state index is 5.85. The minimum absolute atomic E-state index is 0.180. The van der Waals surface area contributed by atoms with Gasteiger partial charge in [-0.3, -0.25) is 4.98 Å². The smallest absolute Gasteiger partial charge is 0.166 e. The molecule has 1 aromatic carbocycles. The quantitative estimate of drug-likeness (QED) is 0.769. The van der Waals surface area contributed by atoms with E-state index in [-0.39, 0.29) is 6.04 Å². The van der Waals surface area contributed by atoms with Gasteiger partial charge in [-0.15, -0.1) is 0 Å². The van der Waals surface area contributed by atoms with Gasteiger partial charge in [0.1, 0.15) is 0 Å². The standard InChI is InChI=1S/C14H16N4S/c15-14(19)18-8-7-16-9-13(18)11-3-1-5-12-10(11)4-2-6-17-12/h1-6,13,16H,7-9H2,(H2,15,19)/t13-/m0/s1. The van der Waals surface area contributed by atoms with Crippen LogP contribution < -0.4 is 11.1 Å². The number of piperazine rings is 1. The Labute approximate surface area is 117 Å². The predicted molar refractivity (Wildman–Crippen MR) is 80.8 cm³/mol. The fourth-order valence-corrected chi connectivity index (χ4v) is 2.88. The summed E-state index contributed by atoms with van der Waals surface area (Å²) in [5, 5.41) is 5.04. The summed E-state index contributed by atoms with van der Waals surface area (Å²) in [6.07, 6.45) is 1.82. The van der Waals surface area contributed by atoms with Crippen LogP contribution in [-0.4, -0.2) is 34.6 Å². The van der Waals surface area contributed by atoms with Gasteiger partial charge in [-0.25, -0.2) is 0 Å². The summed E-state index contributed by atoms with van der Waals surface area (Å²) in [6, 6.07) is 10.4. The third kappa shape index (κ3) is 2.27. The van der Waals surface area contributed by atoms with E-state index in [2.05, 4.69) is 27.3 Å². The van der Waals surface area contributed by atoms with Crippen molar-refractivity contribution in [2.75, 3.05) is 19.6 Å². The second-order valence-corrected chi connectivity index (χ2v) is 5.09. The summed E-state index contributed by atoms with van der Waals surface area (Å²) in [5.74, 6) is 0. The summed E-state index contributed by atoms with van der Waals surface area (Å²) in [6.45, 7) is 2.61. The van der Waals surface area contributed by atoms with Crippen LogP contribution in [0.4, 0.5) is 0 Å². The van der Waals surface area contributed by atoms with Gasteiger partial charge in [0.05, 0.1) is 11.6 Å². The third-order valence-electron chi connectivity index (χ3n) is 3.56. The first-order chi connectivity index (χ1) is 9.27. The number of rotatable bonds is 1. The Kier molecular flexibility index (Phi) is 3.31. The Morgan fingerprint density at radius 3 is 3.11 bits per heavy atom. The molecular weight excluding hydrogens is 256 g/mol. The lowest BCUT2D eigenvalue weighted by Gasteiger charge is -2.37. The van der Waals surface area contributed by atoms with Gasteiger partial charge >= 0.3 is 0 Å². The van der Waals surface area contributed by atoms with E-state index in [0.29, 0.717) is 5.11 Å². The Bertz CT molecular complexity index is 608. The minimum Gasteiger partial charge on any atom is -0.376 e. The van der Waals surface area contributed by atoms with E-state index in [1.807, 2.05) is 24.4 Å². The number of pyridine rings is 1. The van der Waals surface area contributed by atoms with E-state index >= 15 is 0 Å². The fraction of sp³-hybridized carbons (Fsp3) is 0.286. The Hall–Kier alpha value is -1.72. The van der Waals surface area contributed by atoms with Crippen LogP contribution in [0.3, 0.4) is 0 Å². The van der Waals surface area contributed by atoms with Crippen LogP contribution in [0.25, 0.3) is 10.9 Å². The number of benzene rings is 1. The van der Waals surface area contributed by atoms with Crippen LogP contribution in [-0.2, 0) is 0 Å². The fourth-order valence-electron chi connectivity index (χ4n) is 2.66. The highest BCUT2D eigenvalue weighted by molar-refractivity contribution is 7.80. The lowest BCUT2D eigenvalue weighted by atomic mass is 9.99. The molecule has 0 bridgehead atoms. The Morgan fingerprint density at radius 1 is 1.37 bits per heavy atom. The van der Waals surface area contributed by atoms with E-state index in [9.17, 15) is 0 Å². The molecule has 1 aromatic heterocycles. The van der Waals surface area contributed by atoms with Gasteiger partial charge in [0.15, 0.2) is 5.11 Å². The van der Waals surface area contributed by atoms with Crippen molar-refractivity contribution in [3.8, 4) is 0 Å². The van der Waals surface area contributed by atoms with Crippen molar-refractivity contribution >= 4 is 28.2 Å². The second-order valence-electron chi connectivity index (χ2n) is 4.67. The molecule has 98 valence electrons. The summed E-state index contributed by atoms with van der Waals surface area (Å²) in [7, 11) is 0. The van der Waals surface area contributed by atoms with Crippen molar-refractivity contribution in [2.45, 2.75) is 6.04 Å².